The molecule has 58 heavy (non-hydrogen) atoms. The van der Waals surface area contributed by atoms with E-state index in [0.29, 0.717) is 17.6 Å². The van der Waals surface area contributed by atoms with Crippen LogP contribution in [-0.2, 0) is 34.7 Å². The summed E-state index contributed by atoms with van der Waals surface area (Å²) in [6.45, 7) is 13.8. The molecule has 0 aliphatic heterocycles. The first-order chi connectivity index (χ1) is 27.7. The molecule has 1 aromatic carbocycles. The third kappa shape index (κ3) is 32.7. The van der Waals surface area contributed by atoms with Gasteiger partial charge in [0.25, 0.3) is 0 Å². The molecular weight excluding hydrogens is 760 g/mol. The van der Waals surface area contributed by atoms with E-state index in [4.69, 9.17) is 0 Å². The van der Waals surface area contributed by atoms with Crippen LogP contribution in [0.4, 0.5) is 0 Å². The van der Waals surface area contributed by atoms with Crippen LogP contribution in [0.2, 0.25) is 0 Å². The Kier molecular flexibility index (Phi) is 39.4. The largest absolute Gasteiger partial charge is 0.504 e. The predicted octanol–water partition coefficient (Wildman–Crippen LogP) is 18.0. The van der Waals surface area contributed by atoms with Crippen molar-refractivity contribution in [3.63, 3.8) is 0 Å². The van der Waals surface area contributed by atoms with Crippen LogP contribution in [0.25, 0.3) is 0 Å². The van der Waals surface area contributed by atoms with Gasteiger partial charge in [-0.2, -0.15) is 0 Å². The first-order valence-corrected chi connectivity index (χ1v) is 25.7. The third-order valence-electron chi connectivity index (χ3n) is 13.0. The van der Waals surface area contributed by atoms with Crippen molar-refractivity contribution in [2.24, 2.45) is 23.7 Å². The van der Waals surface area contributed by atoms with Crippen molar-refractivity contribution in [2.75, 3.05) is 0 Å². The second-order valence-corrected chi connectivity index (χ2v) is 19.6. The summed E-state index contributed by atoms with van der Waals surface area (Å²) < 4.78 is 0. The summed E-state index contributed by atoms with van der Waals surface area (Å²) in [6, 6.07) is 3.63. The van der Waals surface area contributed by atoms with Gasteiger partial charge < -0.3 is 10.2 Å². The molecule has 1 aromatic rings. The Morgan fingerprint density at radius 2 is 0.828 bits per heavy atom. The Bertz CT molecular complexity index is 1000. The molecular formula is C54H100CuO3. The number of ketones is 1. The number of carbonyl (C=O) groups excluding carboxylic acids is 1. The molecule has 2 rings (SSSR count). The fourth-order valence-corrected chi connectivity index (χ4v) is 9.07. The topological polar surface area (TPSA) is 57.5 Å². The summed E-state index contributed by atoms with van der Waals surface area (Å²) in [7, 11) is 0. The number of rotatable bonds is 36. The van der Waals surface area contributed by atoms with Crippen molar-refractivity contribution in [3.05, 3.63) is 23.3 Å². The number of aryl methyl sites for hydroxylation is 2. The second kappa shape index (κ2) is 40.1. The van der Waals surface area contributed by atoms with E-state index in [9.17, 15) is 15.0 Å². The van der Waals surface area contributed by atoms with E-state index in [1.165, 1.54) is 229 Å². The maximum Gasteiger partial charge on any atom is 0.157 e. The Morgan fingerprint density at radius 3 is 1.21 bits per heavy atom. The van der Waals surface area contributed by atoms with E-state index in [1.807, 2.05) is 12.1 Å². The summed E-state index contributed by atoms with van der Waals surface area (Å²) in [5.41, 5.74) is 2.49. The molecule has 4 heteroatoms. The van der Waals surface area contributed by atoms with Crippen molar-refractivity contribution >= 4 is 5.78 Å². The summed E-state index contributed by atoms with van der Waals surface area (Å²) in [6.07, 6.45) is 48.4. The number of benzene rings is 1. The van der Waals surface area contributed by atoms with Crippen LogP contribution in [0, 0.1) is 23.7 Å². The molecule has 0 bridgehead atoms. The summed E-state index contributed by atoms with van der Waals surface area (Å²) in [5, 5.41) is 20.0. The standard InChI is InChI=1S/C30H54O2.C24H46O.Cu/c1-3-5-7-9-11-13-15-17-19-21-23-27-25-29(31)30(32)26-28(27)24-22-20-18-16-14-12-10-8-6-4-2;1-20(2)13-9-5-7-11-15-22-17-18-23(24(25)19-22)16-12-8-6-10-14-21(3)4;/h25-26,31-32H,3-24H2,1-2H3;20-23H,5-19H2,1-4H3;. The molecule has 1 aliphatic rings. The summed E-state index contributed by atoms with van der Waals surface area (Å²) >= 11 is 0. The number of unbranched alkanes of at least 4 members (excludes halogenated alkanes) is 24. The molecule has 2 N–H and O–H groups in total. The van der Waals surface area contributed by atoms with Crippen molar-refractivity contribution in [1.82, 2.24) is 0 Å². The second-order valence-electron chi connectivity index (χ2n) is 19.6. The van der Waals surface area contributed by atoms with Crippen LogP contribution < -0.4 is 0 Å². The van der Waals surface area contributed by atoms with Gasteiger partial charge in [-0.25, -0.2) is 0 Å². The number of hydrogen-bond donors (Lipinski definition) is 2. The van der Waals surface area contributed by atoms with Crippen LogP contribution in [0.1, 0.15) is 277 Å². The quantitative estimate of drug-likeness (QED) is 0.0401. The molecule has 3 nitrogen and oxygen atoms in total. The maximum atomic E-state index is 12.4. The number of aromatic hydroxyl groups is 2. The fraction of sp³-hybridized carbons (Fsp3) is 0.870. The molecule has 1 radical (unpaired) electrons. The number of phenols is 2. The summed E-state index contributed by atoms with van der Waals surface area (Å²) in [5.74, 6) is 3.48. The van der Waals surface area contributed by atoms with E-state index >= 15 is 0 Å². The summed E-state index contributed by atoms with van der Waals surface area (Å²) in [4.78, 5) is 12.4. The minimum atomic E-state index is 0. The third-order valence-corrected chi connectivity index (χ3v) is 13.0. The van der Waals surface area contributed by atoms with Gasteiger partial charge in [-0.3, -0.25) is 4.79 Å². The monoisotopic (exact) mass is 860 g/mol. The SMILES string of the molecule is CC(C)CCCCCCC1CCC(CCCCCCC(C)C)C(=O)C1.CCCCCCCCCCCCc1cc(O)c(O)cc1CCCCCCCCCCCC.[Cu]. The van der Waals surface area contributed by atoms with Crippen molar-refractivity contribution in [2.45, 2.75) is 279 Å². The number of carbonyl (C=O) groups is 1. The number of Topliss-reactive ketones (excluding diaryl/α,β-unsaturated/α-hetero) is 1. The van der Waals surface area contributed by atoms with Gasteiger partial charge >= 0.3 is 0 Å². The maximum absolute atomic E-state index is 12.4. The number of phenolic OH excluding ortho intramolecular Hbond substituents is 2. The van der Waals surface area contributed by atoms with Gasteiger partial charge in [0.05, 0.1) is 0 Å². The van der Waals surface area contributed by atoms with Gasteiger partial charge in [-0.15, -0.1) is 0 Å². The Labute approximate surface area is 373 Å². The normalized spacial score (nSPS) is 15.5. The van der Waals surface area contributed by atoms with E-state index in [1.54, 1.807) is 0 Å². The smallest absolute Gasteiger partial charge is 0.157 e. The minimum Gasteiger partial charge on any atom is -0.504 e. The molecule has 2 atom stereocenters. The number of hydrogen-bond acceptors (Lipinski definition) is 3. The molecule has 1 fully saturated rings. The van der Waals surface area contributed by atoms with Crippen LogP contribution in [-0.4, -0.2) is 16.0 Å². The molecule has 0 heterocycles. The van der Waals surface area contributed by atoms with Gasteiger partial charge in [0.2, 0.25) is 0 Å². The van der Waals surface area contributed by atoms with Gasteiger partial charge in [-0.1, -0.05) is 228 Å². The zero-order valence-corrected chi connectivity index (χ0v) is 40.7. The van der Waals surface area contributed by atoms with Gasteiger partial charge in [-0.05, 0) is 86.0 Å². The van der Waals surface area contributed by atoms with Crippen LogP contribution >= 0.6 is 0 Å². The Hall–Kier alpha value is -0.991. The van der Waals surface area contributed by atoms with Crippen molar-refractivity contribution < 1.29 is 32.1 Å². The van der Waals surface area contributed by atoms with Gasteiger partial charge in [0, 0.05) is 29.4 Å². The van der Waals surface area contributed by atoms with Gasteiger partial charge in [0.15, 0.2) is 11.5 Å². The Balaban J connectivity index is 0.00000113. The van der Waals surface area contributed by atoms with E-state index in [-0.39, 0.29) is 28.6 Å². The molecule has 2 unspecified atom stereocenters. The predicted molar refractivity (Wildman–Crippen MR) is 252 cm³/mol. The first kappa shape index (κ1) is 57.0. The molecule has 0 spiro atoms. The molecule has 345 valence electrons. The minimum absolute atomic E-state index is 0. The first-order valence-electron chi connectivity index (χ1n) is 25.7. The van der Waals surface area contributed by atoms with E-state index in [2.05, 4.69) is 41.5 Å². The molecule has 0 aromatic heterocycles. The molecule has 1 saturated carbocycles. The van der Waals surface area contributed by atoms with Crippen LogP contribution in [0.3, 0.4) is 0 Å². The molecule has 0 amide bonds. The average molecular weight is 861 g/mol. The van der Waals surface area contributed by atoms with Crippen LogP contribution in [0.5, 0.6) is 11.5 Å². The van der Waals surface area contributed by atoms with Crippen molar-refractivity contribution in [3.8, 4) is 11.5 Å². The van der Waals surface area contributed by atoms with Crippen LogP contribution in [0.15, 0.2) is 12.1 Å². The zero-order chi connectivity index (χ0) is 41.8. The van der Waals surface area contributed by atoms with Crippen molar-refractivity contribution in [1.29, 1.82) is 0 Å². The molecule has 0 saturated heterocycles. The fourth-order valence-electron chi connectivity index (χ4n) is 9.07. The van der Waals surface area contributed by atoms with Gasteiger partial charge in [0.1, 0.15) is 5.78 Å². The molecule has 1 aliphatic carbocycles. The average Bonchev–Trinajstić information content (AvgIpc) is 3.18. The zero-order valence-electron chi connectivity index (χ0n) is 39.7. The van der Waals surface area contributed by atoms with E-state index in [0.717, 1.165) is 31.1 Å². The van der Waals surface area contributed by atoms with E-state index < -0.39 is 0 Å². The Morgan fingerprint density at radius 1 is 0.483 bits per heavy atom.